The minimum atomic E-state index is -0.0993. The molecule has 4 aromatic carbocycles. The summed E-state index contributed by atoms with van der Waals surface area (Å²) in [5.74, 6) is 1.30. The molecule has 0 unspecified atom stereocenters. The van der Waals surface area contributed by atoms with Crippen LogP contribution in [0.4, 0.5) is 0 Å². The van der Waals surface area contributed by atoms with Crippen molar-refractivity contribution in [3.8, 4) is 11.5 Å². The van der Waals surface area contributed by atoms with Crippen LogP contribution < -0.4 is 9.47 Å². The smallest absolute Gasteiger partial charge is 0.258 e. The monoisotopic (exact) mass is 603 g/mol. The number of rotatable bonds is 9. The first-order valence-corrected chi connectivity index (χ1v) is 15.8. The lowest BCUT2D eigenvalue weighted by Gasteiger charge is -2.32. The van der Waals surface area contributed by atoms with E-state index in [0.29, 0.717) is 48.9 Å². The number of nitrogens with zero attached hydrogens (tertiary/aromatic N) is 3. The van der Waals surface area contributed by atoms with E-state index in [1.54, 1.807) is 0 Å². The Morgan fingerprint density at radius 1 is 0.667 bits per heavy atom. The van der Waals surface area contributed by atoms with E-state index in [9.17, 15) is 9.59 Å². The fraction of sp³-hybridized carbons (Fsp3) is 0.316. The van der Waals surface area contributed by atoms with Gasteiger partial charge in [0.2, 0.25) is 0 Å². The van der Waals surface area contributed by atoms with Gasteiger partial charge in [-0.15, -0.1) is 0 Å². The van der Waals surface area contributed by atoms with Crippen LogP contribution in [0.2, 0.25) is 0 Å². The Kier molecular flexibility index (Phi) is 9.17. The van der Waals surface area contributed by atoms with Crippen molar-refractivity contribution in [1.82, 2.24) is 14.7 Å². The van der Waals surface area contributed by atoms with Crippen molar-refractivity contribution >= 4 is 11.8 Å². The Bertz CT molecular complexity index is 1650. The molecule has 7 nitrogen and oxygen atoms in total. The van der Waals surface area contributed by atoms with Gasteiger partial charge in [-0.1, -0.05) is 80.6 Å². The van der Waals surface area contributed by atoms with Gasteiger partial charge in [-0.25, -0.2) is 0 Å². The normalized spacial score (nSPS) is 14.8. The molecule has 0 aliphatic carbocycles. The number of hydrogen-bond donors (Lipinski definition) is 0. The molecule has 232 valence electrons. The van der Waals surface area contributed by atoms with Crippen LogP contribution in [0.15, 0.2) is 91.0 Å². The molecule has 0 atom stereocenters. The van der Waals surface area contributed by atoms with Crippen molar-refractivity contribution in [2.24, 2.45) is 0 Å². The van der Waals surface area contributed by atoms with Gasteiger partial charge in [0.05, 0.1) is 5.56 Å². The van der Waals surface area contributed by atoms with Crippen LogP contribution in [0, 0.1) is 0 Å². The summed E-state index contributed by atoms with van der Waals surface area (Å²) in [7, 11) is 2.08. The summed E-state index contributed by atoms with van der Waals surface area (Å²) >= 11 is 0. The third kappa shape index (κ3) is 7.04. The fourth-order valence-corrected chi connectivity index (χ4v) is 5.94. The lowest BCUT2D eigenvalue weighted by Crippen LogP contribution is -2.47. The predicted octanol–water partition coefficient (Wildman–Crippen LogP) is 6.51. The molecule has 2 aliphatic heterocycles. The average molecular weight is 604 g/mol. The van der Waals surface area contributed by atoms with Gasteiger partial charge in [0.25, 0.3) is 11.8 Å². The van der Waals surface area contributed by atoms with Gasteiger partial charge in [0.15, 0.2) is 0 Å². The van der Waals surface area contributed by atoms with E-state index in [4.69, 9.17) is 9.47 Å². The molecule has 2 amide bonds. The van der Waals surface area contributed by atoms with Crippen LogP contribution in [0.1, 0.15) is 68.3 Å². The minimum Gasteiger partial charge on any atom is -0.488 e. The first-order valence-electron chi connectivity index (χ1n) is 15.8. The molecule has 2 aliphatic rings. The minimum absolute atomic E-state index is 0.0555. The summed E-state index contributed by atoms with van der Waals surface area (Å²) in [6.45, 7) is 9.10. The summed E-state index contributed by atoms with van der Waals surface area (Å²) < 4.78 is 12.7. The van der Waals surface area contributed by atoms with Crippen molar-refractivity contribution < 1.29 is 19.1 Å². The summed E-state index contributed by atoms with van der Waals surface area (Å²) in [6, 6.07) is 29.7. The van der Waals surface area contributed by atoms with Gasteiger partial charge in [-0.2, -0.15) is 0 Å². The Hall–Kier alpha value is -4.62. The van der Waals surface area contributed by atoms with Crippen molar-refractivity contribution in [3.05, 3.63) is 130 Å². The Balaban J connectivity index is 1.26. The number of fused-ring (bicyclic) bond motifs is 1. The van der Waals surface area contributed by atoms with Crippen LogP contribution in [0.5, 0.6) is 11.5 Å². The number of amides is 2. The number of likely N-dealkylation sites (N-methyl/N-ethyl adjacent to an activating group) is 1. The van der Waals surface area contributed by atoms with Gasteiger partial charge in [-0.3, -0.25) is 9.59 Å². The molecule has 1 saturated heterocycles. The largest absolute Gasteiger partial charge is 0.488 e. The summed E-state index contributed by atoms with van der Waals surface area (Å²) in [6.07, 6.45) is 0. The van der Waals surface area contributed by atoms with E-state index in [0.717, 1.165) is 54.0 Å². The zero-order valence-corrected chi connectivity index (χ0v) is 26.4. The molecule has 0 spiro atoms. The molecule has 0 radical (unpaired) electrons. The molecule has 2 heterocycles. The zero-order valence-electron chi connectivity index (χ0n) is 26.4. The van der Waals surface area contributed by atoms with E-state index in [1.165, 1.54) is 0 Å². The van der Waals surface area contributed by atoms with Crippen molar-refractivity contribution in [3.63, 3.8) is 0 Å². The maximum atomic E-state index is 14.2. The van der Waals surface area contributed by atoms with E-state index >= 15 is 0 Å². The third-order valence-electron chi connectivity index (χ3n) is 8.69. The highest BCUT2D eigenvalue weighted by Gasteiger charge is 2.30. The number of piperazine rings is 1. The molecular weight excluding hydrogens is 562 g/mol. The molecule has 0 N–H and O–H groups in total. The molecular formula is C38H41N3O4. The van der Waals surface area contributed by atoms with Gasteiger partial charge in [0, 0.05) is 50.9 Å². The van der Waals surface area contributed by atoms with E-state index < -0.39 is 0 Å². The van der Waals surface area contributed by atoms with Crippen LogP contribution >= 0.6 is 0 Å². The predicted molar refractivity (Wildman–Crippen MR) is 175 cm³/mol. The third-order valence-corrected chi connectivity index (χ3v) is 8.69. The molecule has 0 aromatic heterocycles. The van der Waals surface area contributed by atoms with Crippen molar-refractivity contribution in [2.75, 3.05) is 33.2 Å². The number of carbonyl (C=O) groups is 2. The van der Waals surface area contributed by atoms with Gasteiger partial charge < -0.3 is 24.2 Å². The van der Waals surface area contributed by atoms with Crippen LogP contribution in [0.3, 0.4) is 0 Å². The molecule has 7 heteroatoms. The molecule has 1 fully saturated rings. The molecule has 0 bridgehead atoms. The second kappa shape index (κ2) is 13.6. The van der Waals surface area contributed by atoms with E-state index in [-0.39, 0.29) is 17.7 Å². The quantitative estimate of drug-likeness (QED) is 0.218. The Labute approximate surface area is 266 Å². The number of hydrogen-bond acceptors (Lipinski definition) is 5. The number of benzene rings is 4. The highest BCUT2D eigenvalue weighted by Crippen LogP contribution is 2.37. The Morgan fingerprint density at radius 3 is 1.89 bits per heavy atom. The van der Waals surface area contributed by atoms with Crippen LogP contribution in [0.25, 0.3) is 0 Å². The molecule has 0 saturated carbocycles. The van der Waals surface area contributed by atoms with E-state index in [1.807, 2.05) is 101 Å². The van der Waals surface area contributed by atoms with Gasteiger partial charge in [-0.05, 0) is 59.0 Å². The summed E-state index contributed by atoms with van der Waals surface area (Å²) in [4.78, 5) is 33.5. The highest BCUT2D eigenvalue weighted by atomic mass is 16.5. The SMILES string of the molecule is CC(C)c1cc(C(=O)N2Cc3ccc(C(=O)N4CCN(C)CC4)cc3C2)c(OCc2ccccc2)cc1OCc1ccccc1. The lowest BCUT2D eigenvalue weighted by molar-refractivity contribution is 0.0663. The fourth-order valence-electron chi connectivity index (χ4n) is 5.94. The molecule has 45 heavy (non-hydrogen) atoms. The number of carbonyl (C=O) groups excluding carboxylic acids is 2. The topological polar surface area (TPSA) is 62.3 Å². The zero-order chi connectivity index (χ0) is 31.3. The second-order valence-electron chi connectivity index (χ2n) is 12.3. The molecule has 4 aromatic rings. The summed E-state index contributed by atoms with van der Waals surface area (Å²) in [5, 5.41) is 0. The van der Waals surface area contributed by atoms with Crippen LogP contribution in [-0.4, -0.2) is 59.7 Å². The van der Waals surface area contributed by atoms with Crippen LogP contribution in [-0.2, 0) is 26.3 Å². The maximum absolute atomic E-state index is 14.2. The first-order chi connectivity index (χ1) is 21.9. The first kappa shape index (κ1) is 30.4. The summed E-state index contributed by atoms with van der Waals surface area (Å²) in [5.41, 5.74) is 6.32. The number of ether oxygens (including phenoxy) is 2. The van der Waals surface area contributed by atoms with Gasteiger partial charge in [0.1, 0.15) is 24.7 Å². The lowest BCUT2D eigenvalue weighted by atomic mass is 9.98. The second-order valence-corrected chi connectivity index (χ2v) is 12.3. The Morgan fingerprint density at radius 2 is 1.27 bits per heavy atom. The van der Waals surface area contributed by atoms with E-state index in [2.05, 4.69) is 25.8 Å². The van der Waals surface area contributed by atoms with Gasteiger partial charge >= 0.3 is 0 Å². The highest BCUT2D eigenvalue weighted by molar-refractivity contribution is 5.98. The maximum Gasteiger partial charge on any atom is 0.258 e. The average Bonchev–Trinajstić information content (AvgIpc) is 3.50. The van der Waals surface area contributed by atoms with Crippen molar-refractivity contribution in [2.45, 2.75) is 46.1 Å². The molecule has 6 rings (SSSR count). The standard InChI is InChI=1S/C38H41N3O4/c1-27(2)33-21-34(36(45-26-29-12-8-5-9-13-29)22-35(33)44-25-28-10-6-4-7-11-28)38(43)41-23-31-15-14-30(20-32(31)24-41)37(42)40-18-16-39(3)17-19-40/h4-15,20-22,27H,16-19,23-26H2,1-3H3. The van der Waals surface area contributed by atoms with Crippen molar-refractivity contribution in [1.29, 1.82) is 0 Å².